The molecular formula is C12H12ClN2-. The van der Waals surface area contributed by atoms with E-state index in [1.165, 1.54) is 0 Å². The summed E-state index contributed by atoms with van der Waals surface area (Å²) in [7, 11) is 0. The largest absolute Gasteiger partial charge is 1.00 e. The first-order valence-corrected chi connectivity index (χ1v) is 4.53. The molecule has 0 saturated heterocycles. The van der Waals surface area contributed by atoms with Gasteiger partial charge in [0.2, 0.25) is 0 Å². The lowest BCUT2D eigenvalue weighted by molar-refractivity contribution is -0.00000277. The van der Waals surface area contributed by atoms with Crippen LogP contribution < -0.4 is 23.5 Å². The van der Waals surface area contributed by atoms with E-state index < -0.39 is 0 Å². The van der Waals surface area contributed by atoms with Gasteiger partial charge in [-0.3, -0.25) is 0 Å². The van der Waals surface area contributed by atoms with Gasteiger partial charge in [-0.15, -0.1) is 0 Å². The number of nitrogens with one attached hydrogen (secondary N) is 1. The molecule has 3 N–H and O–H groups in total. The molecule has 0 fully saturated rings. The van der Waals surface area contributed by atoms with Crippen LogP contribution in [-0.2, 0) is 0 Å². The molecule has 2 aromatic rings. The molecule has 0 atom stereocenters. The number of nitrogen functional groups attached to an aromatic ring is 1. The van der Waals surface area contributed by atoms with E-state index in [1.807, 2.05) is 54.6 Å². The minimum absolute atomic E-state index is 0. The first-order valence-electron chi connectivity index (χ1n) is 4.53. The maximum atomic E-state index is 5.81. The minimum Gasteiger partial charge on any atom is -1.00 e. The number of para-hydroxylation sites is 3. The Morgan fingerprint density at radius 1 is 0.800 bits per heavy atom. The number of benzene rings is 2. The molecule has 78 valence electrons. The van der Waals surface area contributed by atoms with Crippen molar-refractivity contribution >= 4 is 17.1 Å². The van der Waals surface area contributed by atoms with E-state index in [4.69, 9.17) is 5.73 Å². The predicted octanol–water partition coefficient (Wildman–Crippen LogP) is 0.0164. The molecule has 0 saturated carbocycles. The van der Waals surface area contributed by atoms with Gasteiger partial charge in [0, 0.05) is 5.69 Å². The van der Waals surface area contributed by atoms with Crippen molar-refractivity contribution in [2.45, 2.75) is 0 Å². The lowest BCUT2D eigenvalue weighted by atomic mass is 10.2. The quantitative estimate of drug-likeness (QED) is 0.699. The summed E-state index contributed by atoms with van der Waals surface area (Å²) in [5, 5.41) is 3.25. The minimum atomic E-state index is 0. The van der Waals surface area contributed by atoms with Crippen LogP contribution in [0.15, 0.2) is 54.6 Å². The molecule has 2 nitrogen and oxygen atoms in total. The van der Waals surface area contributed by atoms with Crippen molar-refractivity contribution < 1.29 is 12.4 Å². The van der Waals surface area contributed by atoms with Gasteiger partial charge in [-0.25, -0.2) is 0 Å². The third-order valence-electron chi connectivity index (χ3n) is 2.01. The molecule has 0 bridgehead atoms. The van der Waals surface area contributed by atoms with Gasteiger partial charge in [0.1, 0.15) is 0 Å². The average molecular weight is 220 g/mol. The van der Waals surface area contributed by atoms with Gasteiger partial charge in [-0.1, -0.05) is 30.3 Å². The van der Waals surface area contributed by atoms with E-state index in [2.05, 4.69) is 5.32 Å². The van der Waals surface area contributed by atoms with Gasteiger partial charge >= 0.3 is 0 Å². The van der Waals surface area contributed by atoms with Crippen molar-refractivity contribution in [1.29, 1.82) is 0 Å². The van der Waals surface area contributed by atoms with Gasteiger partial charge in [-0.05, 0) is 24.3 Å². The molecule has 2 rings (SSSR count). The SMILES string of the molecule is Nc1ccccc1Nc1ccccc1.[Cl-]. The van der Waals surface area contributed by atoms with E-state index >= 15 is 0 Å². The zero-order valence-electron chi connectivity index (χ0n) is 8.15. The second-order valence-electron chi connectivity index (χ2n) is 3.08. The van der Waals surface area contributed by atoms with Crippen LogP contribution in [0.1, 0.15) is 0 Å². The highest BCUT2D eigenvalue weighted by Gasteiger charge is 1.96. The Kier molecular flexibility index (Phi) is 4.01. The van der Waals surface area contributed by atoms with Crippen LogP contribution in [0.3, 0.4) is 0 Å². The monoisotopic (exact) mass is 219 g/mol. The van der Waals surface area contributed by atoms with E-state index in [1.54, 1.807) is 0 Å². The fourth-order valence-electron chi connectivity index (χ4n) is 1.29. The number of halogens is 1. The normalized spacial score (nSPS) is 9.07. The summed E-state index contributed by atoms with van der Waals surface area (Å²) in [5.74, 6) is 0. The number of hydrogen-bond donors (Lipinski definition) is 2. The second-order valence-corrected chi connectivity index (χ2v) is 3.08. The highest BCUT2D eigenvalue weighted by Crippen LogP contribution is 2.21. The molecule has 0 amide bonds. The van der Waals surface area contributed by atoms with E-state index in [0.29, 0.717) is 0 Å². The Balaban J connectivity index is 0.00000112. The molecule has 0 aliphatic carbocycles. The van der Waals surface area contributed by atoms with Crippen LogP contribution in [0.25, 0.3) is 0 Å². The lowest BCUT2D eigenvalue weighted by Gasteiger charge is -2.08. The summed E-state index contributed by atoms with van der Waals surface area (Å²) in [4.78, 5) is 0. The molecule has 15 heavy (non-hydrogen) atoms. The fraction of sp³-hybridized carbons (Fsp3) is 0. The highest BCUT2D eigenvalue weighted by molar-refractivity contribution is 5.72. The first-order chi connectivity index (χ1) is 6.86. The zero-order chi connectivity index (χ0) is 9.80. The molecule has 0 aliphatic heterocycles. The summed E-state index contributed by atoms with van der Waals surface area (Å²) < 4.78 is 0. The van der Waals surface area contributed by atoms with Crippen LogP contribution in [-0.4, -0.2) is 0 Å². The van der Waals surface area contributed by atoms with Gasteiger partial charge in [0.25, 0.3) is 0 Å². The fourth-order valence-corrected chi connectivity index (χ4v) is 1.29. The number of anilines is 3. The number of rotatable bonds is 2. The van der Waals surface area contributed by atoms with Crippen LogP contribution in [0.2, 0.25) is 0 Å². The number of hydrogen-bond acceptors (Lipinski definition) is 2. The smallest absolute Gasteiger partial charge is 0.0617 e. The Morgan fingerprint density at radius 2 is 1.40 bits per heavy atom. The van der Waals surface area contributed by atoms with Crippen LogP contribution in [0.5, 0.6) is 0 Å². The molecule has 0 aliphatic rings. The van der Waals surface area contributed by atoms with Gasteiger partial charge in [0.05, 0.1) is 11.4 Å². The Bertz CT molecular complexity index is 415. The van der Waals surface area contributed by atoms with Crippen LogP contribution in [0, 0.1) is 0 Å². The third kappa shape index (κ3) is 2.89. The standard InChI is InChI=1S/C12H12N2.ClH/c13-11-8-4-5-9-12(11)14-10-6-2-1-3-7-10;/h1-9,14H,13H2;1H/p-1. The van der Waals surface area contributed by atoms with Crippen molar-refractivity contribution in [3.05, 3.63) is 54.6 Å². The van der Waals surface area contributed by atoms with E-state index in [9.17, 15) is 0 Å². The molecular weight excluding hydrogens is 208 g/mol. The predicted molar refractivity (Wildman–Crippen MR) is 60.6 cm³/mol. The number of nitrogens with two attached hydrogens (primary N) is 1. The molecule has 3 heteroatoms. The maximum absolute atomic E-state index is 5.81. The second kappa shape index (κ2) is 5.27. The Hall–Kier alpha value is -1.67. The topological polar surface area (TPSA) is 38.0 Å². The van der Waals surface area contributed by atoms with E-state index in [-0.39, 0.29) is 12.4 Å². The van der Waals surface area contributed by atoms with Gasteiger partial charge in [-0.2, -0.15) is 0 Å². The Labute approximate surface area is 95.5 Å². The van der Waals surface area contributed by atoms with E-state index in [0.717, 1.165) is 17.1 Å². The molecule has 0 aromatic heterocycles. The molecule has 0 spiro atoms. The molecule has 0 radical (unpaired) electrons. The Morgan fingerprint density at radius 3 is 2.07 bits per heavy atom. The average Bonchev–Trinajstić information content (AvgIpc) is 2.23. The van der Waals surface area contributed by atoms with Crippen molar-refractivity contribution in [3.8, 4) is 0 Å². The lowest BCUT2D eigenvalue weighted by Crippen LogP contribution is -3.00. The van der Waals surface area contributed by atoms with Crippen molar-refractivity contribution in [2.75, 3.05) is 11.1 Å². The first kappa shape index (κ1) is 11.4. The summed E-state index contributed by atoms with van der Waals surface area (Å²) in [5.41, 5.74) is 8.56. The third-order valence-corrected chi connectivity index (χ3v) is 2.01. The van der Waals surface area contributed by atoms with Crippen LogP contribution >= 0.6 is 0 Å². The van der Waals surface area contributed by atoms with Crippen molar-refractivity contribution in [1.82, 2.24) is 0 Å². The maximum Gasteiger partial charge on any atom is 0.0617 e. The summed E-state index contributed by atoms with van der Waals surface area (Å²) in [6.45, 7) is 0. The summed E-state index contributed by atoms with van der Waals surface area (Å²) in [6.07, 6.45) is 0. The summed E-state index contributed by atoms with van der Waals surface area (Å²) in [6, 6.07) is 17.7. The summed E-state index contributed by atoms with van der Waals surface area (Å²) >= 11 is 0. The highest BCUT2D eigenvalue weighted by atomic mass is 35.5. The molecule has 2 aromatic carbocycles. The van der Waals surface area contributed by atoms with Gasteiger partial charge < -0.3 is 23.5 Å². The van der Waals surface area contributed by atoms with Crippen LogP contribution in [0.4, 0.5) is 17.1 Å². The molecule has 0 heterocycles. The van der Waals surface area contributed by atoms with Crippen molar-refractivity contribution in [3.63, 3.8) is 0 Å². The molecule has 0 unspecified atom stereocenters. The van der Waals surface area contributed by atoms with Crippen molar-refractivity contribution in [2.24, 2.45) is 0 Å². The van der Waals surface area contributed by atoms with Gasteiger partial charge in [0.15, 0.2) is 0 Å². The zero-order valence-corrected chi connectivity index (χ0v) is 8.91.